The lowest BCUT2D eigenvalue weighted by Gasteiger charge is -2.13. The highest BCUT2D eigenvalue weighted by atomic mass is 16.5. The van der Waals surface area contributed by atoms with Crippen LogP contribution >= 0.6 is 0 Å². The van der Waals surface area contributed by atoms with Crippen LogP contribution in [0.25, 0.3) is 10.8 Å². The van der Waals surface area contributed by atoms with Crippen molar-refractivity contribution in [2.45, 2.75) is 25.7 Å². The quantitative estimate of drug-likeness (QED) is 0.630. The summed E-state index contributed by atoms with van der Waals surface area (Å²) in [7, 11) is 1.64. The van der Waals surface area contributed by atoms with Crippen molar-refractivity contribution < 1.29 is 19.4 Å². The molecule has 0 aromatic heterocycles. The average Bonchev–Trinajstić information content (AvgIpc) is 2.56. The minimum atomic E-state index is -0.305. The van der Waals surface area contributed by atoms with Gasteiger partial charge in [0.1, 0.15) is 5.75 Å². The highest BCUT2D eigenvalue weighted by Gasteiger charge is 2.17. The molecule has 0 saturated heterocycles. The Labute approximate surface area is 130 Å². The summed E-state index contributed by atoms with van der Waals surface area (Å²) < 4.78 is 10.4. The largest absolute Gasteiger partial charge is 0.497 e. The van der Waals surface area contributed by atoms with Gasteiger partial charge < -0.3 is 14.6 Å². The van der Waals surface area contributed by atoms with E-state index in [1.807, 2.05) is 43.3 Å². The van der Waals surface area contributed by atoms with Gasteiger partial charge in [0.2, 0.25) is 0 Å². The van der Waals surface area contributed by atoms with Gasteiger partial charge in [0.25, 0.3) is 0 Å². The Hall–Kier alpha value is -2.07. The standard InChI is InChI=1S/C18H22O4/c1-13(18(20)22-10-4-3-9-19)14-5-6-16-12-17(21-2)8-7-15(16)11-14/h5-8,11-13,19H,3-4,9-10H2,1-2H3. The lowest BCUT2D eigenvalue weighted by Crippen LogP contribution is -2.14. The van der Waals surface area contributed by atoms with E-state index in [0.29, 0.717) is 19.4 Å². The lowest BCUT2D eigenvalue weighted by atomic mass is 9.98. The first-order valence-corrected chi connectivity index (χ1v) is 7.51. The number of fused-ring (bicyclic) bond motifs is 1. The number of esters is 1. The molecule has 0 saturated carbocycles. The maximum atomic E-state index is 12.0. The van der Waals surface area contributed by atoms with Crippen molar-refractivity contribution in [3.05, 3.63) is 42.0 Å². The normalized spacial score (nSPS) is 12.1. The van der Waals surface area contributed by atoms with Crippen LogP contribution in [0.5, 0.6) is 5.75 Å². The Balaban J connectivity index is 2.07. The van der Waals surface area contributed by atoms with Crippen LogP contribution in [0.2, 0.25) is 0 Å². The molecular formula is C18H22O4. The minimum Gasteiger partial charge on any atom is -0.497 e. The molecule has 0 bridgehead atoms. The predicted octanol–water partition coefficient (Wildman–Crippen LogP) is 3.27. The Bertz CT molecular complexity index is 636. The van der Waals surface area contributed by atoms with E-state index in [1.165, 1.54) is 0 Å². The summed E-state index contributed by atoms with van der Waals surface area (Å²) in [4.78, 5) is 12.0. The lowest BCUT2D eigenvalue weighted by molar-refractivity contribution is -0.145. The number of aliphatic hydroxyl groups excluding tert-OH is 1. The predicted molar refractivity (Wildman–Crippen MR) is 86.2 cm³/mol. The van der Waals surface area contributed by atoms with E-state index in [-0.39, 0.29) is 18.5 Å². The third-order valence-electron chi connectivity index (χ3n) is 3.72. The number of hydrogen-bond acceptors (Lipinski definition) is 4. The summed E-state index contributed by atoms with van der Waals surface area (Å²) in [6, 6.07) is 11.8. The first kappa shape index (κ1) is 16.3. The molecule has 1 atom stereocenters. The van der Waals surface area contributed by atoms with E-state index < -0.39 is 0 Å². The molecule has 0 radical (unpaired) electrons. The Kier molecular flexibility index (Phi) is 5.78. The third kappa shape index (κ3) is 3.98. The highest BCUT2D eigenvalue weighted by molar-refractivity contribution is 5.86. The van der Waals surface area contributed by atoms with Crippen molar-refractivity contribution in [1.82, 2.24) is 0 Å². The topological polar surface area (TPSA) is 55.8 Å². The summed E-state index contributed by atoms with van der Waals surface area (Å²) in [6.07, 6.45) is 1.34. The summed E-state index contributed by atoms with van der Waals surface area (Å²) >= 11 is 0. The third-order valence-corrected chi connectivity index (χ3v) is 3.72. The molecule has 0 heterocycles. The van der Waals surface area contributed by atoms with Crippen molar-refractivity contribution in [3.63, 3.8) is 0 Å². The van der Waals surface area contributed by atoms with Gasteiger partial charge in [-0.15, -0.1) is 0 Å². The van der Waals surface area contributed by atoms with Crippen molar-refractivity contribution in [2.24, 2.45) is 0 Å². The van der Waals surface area contributed by atoms with E-state index in [1.54, 1.807) is 7.11 Å². The second-order valence-electron chi connectivity index (χ2n) is 5.29. The first-order chi connectivity index (χ1) is 10.7. The van der Waals surface area contributed by atoms with Crippen LogP contribution in [0, 0.1) is 0 Å². The van der Waals surface area contributed by atoms with Crippen LogP contribution in [-0.4, -0.2) is 31.4 Å². The van der Waals surface area contributed by atoms with Crippen molar-refractivity contribution >= 4 is 16.7 Å². The summed E-state index contributed by atoms with van der Waals surface area (Å²) in [5.41, 5.74) is 0.935. The molecule has 0 spiro atoms. The molecule has 0 aliphatic carbocycles. The van der Waals surface area contributed by atoms with Crippen molar-refractivity contribution in [2.75, 3.05) is 20.3 Å². The molecule has 0 aliphatic heterocycles. The van der Waals surface area contributed by atoms with Crippen LogP contribution in [0.4, 0.5) is 0 Å². The van der Waals surface area contributed by atoms with E-state index in [2.05, 4.69) is 0 Å². The summed E-state index contributed by atoms with van der Waals surface area (Å²) in [5.74, 6) is 0.281. The number of ether oxygens (including phenoxy) is 2. The number of unbranched alkanes of at least 4 members (excludes halogenated alkanes) is 1. The maximum Gasteiger partial charge on any atom is 0.313 e. The van der Waals surface area contributed by atoms with Gasteiger partial charge in [0.15, 0.2) is 0 Å². The molecule has 1 unspecified atom stereocenters. The van der Waals surface area contributed by atoms with Gasteiger partial charge in [-0.2, -0.15) is 0 Å². The molecule has 0 fully saturated rings. The van der Waals surface area contributed by atoms with Crippen LogP contribution < -0.4 is 4.74 Å². The van der Waals surface area contributed by atoms with Crippen LogP contribution in [0.3, 0.4) is 0 Å². The fourth-order valence-corrected chi connectivity index (χ4v) is 2.29. The molecule has 4 nitrogen and oxygen atoms in total. The minimum absolute atomic E-state index is 0.126. The molecule has 2 aromatic carbocycles. The summed E-state index contributed by atoms with van der Waals surface area (Å²) in [5, 5.41) is 10.9. The second-order valence-corrected chi connectivity index (χ2v) is 5.29. The van der Waals surface area contributed by atoms with Gasteiger partial charge in [-0.05, 0) is 48.2 Å². The van der Waals surface area contributed by atoms with Gasteiger partial charge in [-0.3, -0.25) is 4.79 Å². The number of carbonyl (C=O) groups excluding carboxylic acids is 1. The number of carbonyl (C=O) groups is 1. The van der Waals surface area contributed by atoms with Crippen molar-refractivity contribution in [1.29, 1.82) is 0 Å². The molecule has 2 rings (SSSR count). The van der Waals surface area contributed by atoms with E-state index >= 15 is 0 Å². The number of aliphatic hydroxyl groups is 1. The van der Waals surface area contributed by atoms with Gasteiger partial charge in [-0.1, -0.05) is 24.3 Å². The summed E-state index contributed by atoms with van der Waals surface area (Å²) in [6.45, 7) is 2.33. The highest BCUT2D eigenvalue weighted by Crippen LogP contribution is 2.25. The Morgan fingerprint density at radius 2 is 1.86 bits per heavy atom. The molecule has 0 amide bonds. The zero-order valence-corrected chi connectivity index (χ0v) is 13.0. The van der Waals surface area contributed by atoms with Crippen molar-refractivity contribution in [3.8, 4) is 5.75 Å². The Morgan fingerprint density at radius 1 is 1.14 bits per heavy atom. The molecule has 2 aromatic rings. The van der Waals surface area contributed by atoms with E-state index in [4.69, 9.17) is 14.6 Å². The van der Waals surface area contributed by atoms with E-state index in [9.17, 15) is 4.79 Å². The van der Waals surface area contributed by atoms with Gasteiger partial charge in [-0.25, -0.2) is 0 Å². The fraction of sp³-hybridized carbons (Fsp3) is 0.389. The van der Waals surface area contributed by atoms with Crippen LogP contribution in [0.15, 0.2) is 36.4 Å². The van der Waals surface area contributed by atoms with E-state index in [0.717, 1.165) is 22.1 Å². The zero-order chi connectivity index (χ0) is 15.9. The number of methoxy groups -OCH3 is 1. The molecule has 22 heavy (non-hydrogen) atoms. The fourth-order valence-electron chi connectivity index (χ4n) is 2.29. The van der Waals surface area contributed by atoms with Gasteiger partial charge in [0, 0.05) is 6.61 Å². The maximum absolute atomic E-state index is 12.0. The second kappa shape index (κ2) is 7.80. The molecule has 0 aliphatic rings. The molecule has 1 N–H and O–H groups in total. The smallest absolute Gasteiger partial charge is 0.313 e. The number of rotatable bonds is 7. The number of benzene rings is 2. The van der Waals surface area contributed by atoms with Gasteiger partial charge >= 0.3 is 5.97 Å². The zero-order valence-electron chi connectivity index (χ0n) is 13.0. The molecule has 118 valence electrons. The Morgan fingerprint density at radius 3 is 2.59 bits per heavy atom. The first-order valence-electron chi connectivity index (χ1n) is 7.51. The number of hydrogen-bond donors (Lipinski definition) is 1. The van der Waals surface area contributed by atoms with Crippen LogP contribution in [-0.2, 0) is 9.53 Å². The average molecular weight is 302 g/mol. The van der Waals surface area contributed by atoms with Gasteiger partial charge in [0.05, 0.1) is 19.6 Å². The SMILES string of the molecule is COc1ccc2cc(C(C)C(=O)OCCCCO)ccc2c1. The molecule has 4 heteroatoms. The van der Waals surface area contributed by atoms with Crippen LogP contribution in [0.1, 0.15) is 31.2 Å². The molecular weight excluding hydrogens is 280 g/mol. The monoisotopic (exact) mass is 302 g/mol.